The van der Waals surface area contributed by atoms with Crippen molar-refractivity contribution in [3.8, 4) is 0 Å². The molecule has 0 unspecified atom stereocenters. The van der Waals surface area contributed by atoms with Crippen LogP contribution in [0.1, 0.15) is 18.5 Å². The Balaban J connectivity index is 1.70. The first-order chi connectivity index (χ1) is 12.2. The Morgan fingerprint density at radius 3 is 2.24 bits per heavy atom. The summed E-state index contributed by atoms with van der Waals surface area (Å²) >= 11 is 0. The fraction of sp³-hybridized carbons (Fsp3) is 0.350. The Morgan fingerprint density at radius 2 is 1.60 bits per heavy atom. The standard InChI is InChI=1S/C20H25N3O2/c1-16(21-20(24)22-18-10-6-3-7-11-18)19(17-8-4-2-5-9-17)23-12-14-25-15-13-23/h2-11,16,19H,12-15H2,1H3,(H2,21,22,24)/t16-,19+/m0/s1. The zero-order chi connectivity index (χ0) is 17.5. The second-order valence-corrected chi connectivity index (χ2v) is 6.26. The number of nitrogens with zero attached hydrogens (tertiary/aromatic N) is 1. The van der Waals surface area contributed by atoms with Crippen LogP contribution in [0, 0.1) is 0 Å². The van der Waals surface area contributed by atoms with Gasteiger partial charge < -0.3 is 15.4 Å². The molecular formula is C20H25N3O2. The van der Waals surface area contributed by atoms with Crippen molar-refractivity contribution in [3.63, 3.8) is 0 Å². The summed E-state index contributed by atoms with van der Waals surface area (Å²) in [5.74, 6) is 0. The van der Waals surface area contributed by atoms with Gasteiger partial charge in [-0.05, 0) is 24.6 Å². The summed E-state index contributed by atoms with van der Waals surface area (Å²) in [6, 6.07) is 19.7. The highest BCUT2D eigenvalue weighted by Gasteiger charge is 2.28. The second-order valence-electron chi connectivity index (χ2n) is 6.26. The molecule has 2 amide bonds. The summed E-state index contributed by atoms with van der Waals surface area (Å²) in [4.78, 5) is 14.8. The molecule has 0 saturated carbocycles. The fourth-order valence-electron chi connectivity index (χ4n) is 3.30. The topological polar surface area (TPSA) is 53.6 Å². The number of ether oxygens (including phenoxy) is 1. The Kier molecular flexibility index (Phi) is 6.04. The van der Waals surface area contributed by atoms with Crippen molar-refractivity contribution in [2.24, 2.45) is 0 Å². The van der Waals surface area contributed by atoms with E-state index in [-0.39, 0.29) is 18.1 Å². The van der Waals surface area contributed by atoms with Crippen LogP contribution in [0.3, 0.4) is 0 Å². The van der Waals surface area contributed by atoms with E-state index in [2.05, 4.69) is 34.6 Å². The average molecular weight is 339 g/mol. The Labute approximate surface area is 149 Å². The SMILES string of the molecule is C[C@H](NC(=O)Nc1ccccc1)[C@H](c1ccccc1)N1CCOCC1. The number of hydrogen-bond donors (Lipinski definition) is 2. The monoisotopic (exact) mass is 339 g/mol. The molecule has 1 fully saturated rings. The lowest BCUT2D eigenvalue weighted by Crippen LogP contribution is -2.49. The second kappa shape index (κ2) is 8.65. The predicted molar refractivity (Wildman–Crippen MR) is 99.6 cm³/mol. The molecule has 0 aliphatic carbocycles. The first kappa shape index (κ1) is 17.5. The van der Waals surface area contributed by atoms with Gasteiger partial charge in [-0.25, -0.2) is 4.79 Å². The maximum atomic E-state index is 12.4. The van der Waals surface area contributed by atoms with E-state index in [4.69, 9.17) is 4.74 Å². The van der Waals surface area contributed by atoms with E-state index in [0.717, 1.165) is 32.0 Å². The maximum absolute atomic E-state index is 12.4. The number of benzene rings is 2. The van der Waals surface area contributed by atoms with Crippen LogP contribution in [-0.2, 0) is 4.74 Å². The van der Waals surface area contributed by atoms with Gasteiger partial charge in [0.15, 0.2) is 0 Å². The van der Waals surface area contributed by atoms with Gasteiger partial charge in [0.05, 0.1) is 19.3 Å². The number of nitrogens with one attached hydrogen (secondary N) is 2. The Hall–Kier alpha value is -2.37. The molecule has 1 heterocycles. The first-order valence-electron chi connectivity index (χ1n) is 8.73. The number of carbonyl (C=O) groups is 1. The van der Waals surface area contributed by atoms with Crippen molar-refractivity contribution in [1.82, 2.24) is 10.2 Å². The van der Waals surface area contributed by atoms with Gasteiger partial charge in [-0.15, -0.1) is 0 Å². The smallest absolute Gasteiger partial charge is 0.319 e. The van der Waals surface area contributed by atoms with Gasteiger partial charge in [-0.1, -0.05) is 48.5 Å². The third-order valence-corrected chi connectivity index (χ3v) is 4.44. The van der Waals surface area contributed by atoms with E-state index in [0.29, 0.717) is 0 Å². The molecular weight excluding hydrogens is 314 g/mol. The maximum Gasteiger partial charge on any atom is 0.319 e. The fourth-order valence-corrected chi connectivity index (χ4v) is 3.30. The number of para-hydroxylation sites is 1. The highest BCUT2D eigenvalue weighted by Crippen LogP contribution is 2.25. The first-order valence-corrected chi connectivity index (χ1v) is 8.73. The normalized spacial score (nSPS) is 17.5. The van der Waals surface area contributed by atoms with Crippen molar-refractivity contribution in [2.75, 3.05) is 31.6 Å². The highest BCUT2D eigenvalue weighted by molar-refractivity contribution is 5.89. The lowest BCUT2D eigenvalue weighted by atomic mass is 9.98. The third kappa shape index (κ3) is 4.81. The molecule has 2 aromatic carbocycles. The van der Waals surface area contributed by atoms with Crippen molar-refractivity contribution < 1.29 is 9.53 Å². The number of urea groups is 1. The van der Waals surface area contributed by atoms with Gasteiger partial charge in [0.2, 0.25) is 0 Å². The summed E-state index contributed by atoms with van der Waals surface area (Å²) < 4.78 is 5.48. The number of rotatable bonds is 5. The van der Waals surface area contributed by atoms with E-state index in [9.17, 15) is 4.79 Å². The summed E-state index contributed by atoms with van der Waals surface area (Å²) in [7, 11) is 0. The Bertz CT molecular complexity index is 657. The van der Waals surface area contributed by atoms with Crippen LogP contribution in [0.5, 0.6) is 0 Å². The summed E-state index contributed by atoms with van der Waals surface area (Å²) in [6.45, 7) is 5.24. The van der Waals surface area contributed by atoms with E-state index >= 15 is 0 Å². The summed E-state index contributed by atoms with van der Waals surface area (Å²) in [6.07, 6.45) is 0. The number of hydrogen-bond acceptors (Lipinski definition) is 3. The number of anilines is 1. The quantitative estimate of drug-likeness (QED) is 0.879. The van der Waals surface area contributed by atoms with E-state index in [1.54, 1.807) is 0 Å². The molecule has 0 spiro atoms. The van der Waals surface area contributed by atoms with Gasteiger partial charge in [-0.3, -0.25) is 4.90 Å². The number of amides is 2. The lowest BCUT2D eigenvalue weighted by Gasteiger charge is -2.38. The zero-order valence-corrected chi connectivity index (χ0v) is 14.5. The minimum atomic E-state index is -0.187. The summed E-state index contributed by atoms with van der Waals surface area (Å²) in [5.41, 5.74) is 1.99. The zero-order valence-electron chi connectivity index (χ0n) is 14.5. The van der Waals surface area contributed by atoms with Crippen LogP contribution in [0.2, 0.25) is 0 Å². The minimum Gasteiger partial charge on any atom is -0.379 e. The van der Waals surface area contributed by atoms with Crippen molar-refractivity contribution in [1.29, 1.82) is 0 Å². The summed E-state index contributed by atoms with van der Waals surface area (Å²) in [5, 5.41) is 5.98. The van der Waals surface area contributed by atoms with E-state index in [1.807, 2.05) is 48.5 Å². The molecule has 5 nitrogen and oxygen atoms in total. The molecule has 0 bridgehead atoms. The third-order valence-electron chi connectivity index (χ3n) is 4.44. The van der Waals surface area contributed by atoms with Crippen LogP contribution in [0.4, 0.5) is 10.5 Å². The predicted octanol–water partition coefficient (Wildman–Crippen LogP) is 3.27. The van der Waals surface area contributed by atoms with Crippen LogP contribution < -0.4 is 10.6 Å². The molecule has 25 heavy (non-hydrogen) atoms. The van der Waals surface area contributed by atoms with Crippen molar-refractivity contribution in [2.45, 2.75) is 19.0 Å². The van der Waals surface area contributed by atoms with Gasteiger partial charge in [-0.2, -0.15) is 0 Å². The lowest BCUT2D eigenvalue weighted by molar-refractivity contribution is 0.00974. The molecule has 1 aliphatic rings. The highest BCUT2D eigenvalue weighted by atomic mass is 16.5. The molecule has 3 rings (SSSR count). The van der Waals surface area contributed by atoms with E-state index < -0.39 is 0 Å². The molecule has 2 aromatic rings. The van der Waals surface area contributed by atoms with Crippen LogP contribution in [-0.4, -0.2) is 43.3 Å². The van der Waals surface area contributed by atoms with Crippen molar-refractivity contribution in [3.05, 3.63) is 66.2 Å². The van der Waals surface area contributed by atoms with Crippen molar-refractivity contribution >= 4 is 11.7 Å². The van der Waals surface area contributed by atoms with Gasteiger partial charge >= 0.3 is 6.03 Å². The number of carbonyl (C=O) groups excluding carboxylic acids is 1. The van der Waals surface area contributed by atoms with Gasteiger partial charge in [0.25, 0.3) is 0 Å². The molecule has 5 heteroatoms. The largest absolute Gasteiger partial charge is 0.379 e. The van der Waals surface area contributed by atoms with Gasteiger partial charge in [0, 0.05) is 24.8 Å². The Morgan fingerprint density at radius 1 is 1.00 bits per heavy atom. The molecule has 1 aliphatic heterocycles. The van der Waals surface area contributed by atoms with Gasteiger partial charge in [0.1, 0.15) is 0 Å². The molecule has 132 valence electrons. The van der Waals surface area contributed by atoms with Crippen LogP contribution in [0.15, 0.2) is 60.7 Å². The number of morpholine rings is 1. The average Bonchev–Trinajstić information content (AvgIpc) is 2.64. The minimum absolute atomic E-state index is 0.0378. The van der Waals surface area contributed by atoms with Crippen LogP contribution >= 0.6 is 0 Å². The molecule has 2 atom stereocenters. The van der Waals surface area contributed by atoms with Crippen LogP contribution in [0.25, 0.3) is 0 Å². The molecule has 0 radical (unpaired) electrons. The van der Waals surface area contributed by atoms with E-state index in [1.165, 1.54) is 5.56 Å². The molecule has 0 aromatic heterocycles. The molecule has 2 N–H and O–H groups in total. The molecule has 1 saturated heterocycles.